The summed E-state index contributed by atoms with van der Waals surface area (Å²) in [7, 11) is 0. The predicted molar refractivity (Wildman–Crippen MR) is 151 cm³/mol. The van der Waals surface area contributed by atoms with Gasteiger partial charge in [0.15, 0.2) is 0 Å². The Hall–Kier alpha value is -5.18. The van der Waals surface area contributed by atoms with Crippen molar-refractivity contribution < 1.29 is 29.4 Å². The molecule has 1 heterocycles. The fourth-order valence-electron chi connectivity index (χ4n) is 4.17. The Kier molecular flexibility index (Phi) is 10.2. The monoisotopic (exact) mass is 561 g/mol. The zero-order valence-electron chi connectivity index (χ0n) is 22.6. The number of carbonyl (C=O) groups is 4. The van der Waals surface area contributed by atoms with E-state index in [1.165, 1.54) is 12.1 Å². The molecule has 0 aliphatic carbocycles. The summed E-state index contributed by atoms with van der Waals surface area (Å²) in [5.74, 6) is -0.668. The molecule has 2 aromatic carbocycles. The van der Waals surface area contributed by atoms with E-state index >= 15 is 0 Å². The molecule has 12 heteroatoms. The van der Waals surface area contributed by atoms with Crippen LogP contribution in [0.2, 0.25) is 0 Å². The van der Waals surface area contributed by atoms with Gasteiger partial charge in [0.2, 0.25) is 5.91 Å². The van der Waals surface area contributed by atoms with Crippen molar-refractivity contribution in [1.82, 2.24) is 20.6 Å². The van der Waals surface area contributed by atoms with Gasteiger partial charge in [-0.25, -0.2) is 14.6 Å². The molecule has 0 saturated heterocycles. The summed E-state index contributed by atoms with van der Waals surface area (Å²) in [5.41, 5.74) is 2.07. The third kappa shape index (κ3) is 8.15. The van der Waals surface area contributed by atoms with Crippen molar-refractivity contribution in [2.45, 2.75) is 51.7 Å². The molecule has 0 aliphatic heterocycles. The first kappa shape index (κ1) is 30.4. The van der Waals surface area contributed by atoms with Gasteiger partial charge in [-0.2, -0.15) is 0 Å². The number of nitrogens with zero attached hydrogens (tertiary/aromatic N) is 2. The van der Waals surface area contributed by atoms with Crippen molar-refractivity contribution >= 4 is 40.3 Å². The van der Waals surface area contributed by atoms with Gasteiger partial charge < -0.3 is 30.7 Å². The summed E-state index contributed by atoms with van der Waals surface area (Å²) < 4.78 is 0. The van der Waals surface area contributed by atoms with E-state index in [2.05, 4.69) is 26.5 Å². The topological polar surface area (TPSA) is 182 Å². The van der Waals surface area contributed by atoms with E-state index in [0.29, 0.717) is 29.0 Å². The number of aliphatic carboxylic acids is 2. The highest BCUT2D eigenvalue weighted by Crippen LogP contribution is 2.20. The molecule has 3 rings (SSSR count). The van der Waals surface area contributed by atoms with Crippen LogP contribution in [0.5, 0.6) is 0 Å². The minimum absolute atomic E-state index is 0.175. The second kappa shape index (κ2) is 13.7. The maximum atomic E-state index is 12.8. The van der Waals surface area contributed by atoms with Crippen LogP contribution in [0.4, 0.5) is 5.69 Å². The lowest BCUT2D eigenvalue weighted by Crippen LogP contribution is -2.43. The Labute approximate surface area is 235 Å². The number of anilines is 1. The van der Waals surface area contributed by atoms with Crippen LogP contribution < -0.4 is 21.1 Å². The maximum Gasteiger partial charge on any atom is 0.326 e. The lowest BCUT2D eigenvalue weighted by Gasteiger charge is -2.23. The molecule has 5 N–H and O–H groups in total. The lowest BCUT2D eigenvalue weighted by atomic mass is 10.1. The number of amides is 2. The Balaban J connectivity index is 1.67. The summed E-state index contributed by atoms with van der Waals surface area (Å²) in [6.07, 6.45) is 5.25. The van der Waals surface area contributed by atoms with Crippen molar-refractivity contribution in [1.29, 1.82) is 0 Å². The van der Waals surface area contributed by atoms with E-state index in [0.717, 1.165) is 5.56 Å². The van der Waals surface area contributed by atoms with Gasteiger partial charge in [-0.1, -0.05) is 18.9 Å². The quantitative estimate of drug-likeness (QED) is 0.194. The SMILES string of the molecule is C#CCN(Cc1ccc2nc(C)[nH]c(=O)c2c1)c1ccc(C(=O)N[C@@H](CCC(=O)N[C@@H](CC)C(=O)O)C(=O)O)cc1. The Morgan fingerprint density at radius 1 is 1.05 bits per heavy atom. The van der Waals surface area contributed by atoms with Gasteiger partial charge in [0.1, 0.15) is 17.9 Å². The second-order valence-corrected chi connectivity index (χ2v) is 9.38. The molecule has 0 fully saturated rings. The Bertz CT molecular complexity index is 1540. The molecule has 0 spiro atoms. The van der Waals surface area contributed by atoms with Crippen molar-refractivity contribution in [3.63, 3.8) is 0 Å². The highest BCUT2D eigenvalue weighted by Gasteiger charge is 2.24. The van der Waals surface area contributed by atoms with Gasteiger partial charge in [0.25, 0.3) is 11.5 Å². The standard InChI is InChI=1S/C29H31N5O7/c1-4-14-34(16-18-6-11-23-21(15-18)27(37)31-17(3)30-23)20-9-7-19(8-10-20)26(36)33-24(29(40)41)12-13-25(35)32-22(5-2)28(38)39/h1,6-11,15,22,24H,5,12-14,16H2,2-3H3,(H,32,35)(H,33,36)(H,38,39)(H,40,41)(H,30,31,37)/t22-,24-/m0/s1. The molecular formula is C29H31N5O7. The van der Waals surface area contributed by atoms with Crippen molar-refractivity contribution in [3.8, 4) is 12.3 Å². The number of aryl methyl sites for hydroxylation is 1. The zero-order valence-corrected chi connectivity index (χ0v) is 22.6. The fourth-order valence-corrected chi connectivity index (χ4v) is 4.17. The van der Waals surface area contributed by atoms with Gasteiger partial charge in [-0.05, 0) is 61.7 Å². The molecule has 41 heavy (non-hydrogen) atoms. The highest BCUT2D eigenvalue weighted by molar-refractivity contribution is 5.97. The average molecular weight is 562 g/mol. The maximum absolute atomic E-state index is 12.8. The summed E-state index contributed by atoms with van der Waals surface area (Å²) in [4.78, 5) is 68.8. The van der Waals surface area contributed by atoms with Crippen LogP contribution in [-0.4, -0.2) is 62.6 Å². The van der Waals surface area contributed by atoms with E-state index in [-0.39, 0.29) is 36.9 Å². The van der Waals surface area contributed by atoms with Crippen LogP contribution in [0.25, 0.3) is 10.9 Å². The molecule has 214 valence electrons. The number of nitrogens with one attached hydrogen (secondary N) is 3. The van der Waals surface area contributed by atoms with E-state index in [1.807, 2.05) is 11.0 Å². The average Bonchev–Trinajstić information content (AvgIpc) is 2.93. The zero-order chi connectivity index (χ0) is 30.1. The van der Waals surface area contributed by atoms with Gasteiger partial charge in [0.05, 0.1) is 17.4 Å². The first-order valence-electron chi connectivity index (χ1n) is 12.9. The number of carbonyl (C=O) groups excluding carboxylic acids is 2. The van der Waals surface area contributed by atoms with Crippen molar-refractivity contribution in [2.75, 3.05) is 11.4 Å². The van der Waals surface area contributed by atoms with E-state index in [4.69, 9.17) is 11.5 Å². The normalized spacial score (nSPS) is 12.1. The van der Waals surface area contributed by atoms with Crippen LogP contribution in [0.1, 0.15) is 47.9 Å². The number of hydrogen-bond acceptors (Lipinski definition) is 7. The number of aromatic nitrogens is 2. The van der Waals surface area contributed by atoms with E-state index in [1.54, 1.807) is 38.1 Å². The van der Waals surface area contributed by atoms with Gasteiger partial charge in [-0.3, -0.25) is 14.4 Å². The largest absolute Gasteiger partial charge is 0.480 e. The Morgan fingerprint density at radius 2 is 1.73 bits per heavy atom. The van der Waals surface area contributed by atoms with Gasteiger partial charge in [0, 0.05) is 24.2 Å². The van der Waals surface area contributed by atoms with E-state index < -0.39 is 35.8 Å². The summed E-state index contributed by atoms with van der Waals surface area (Å²) in [5, 5.41) is 23.7. The predicted octanol–water partition coefficient (Wildman–Crippen LogP) is 1.81. The smallest absolute Gasteiger partial charge is 0.326 e. The number of rotatable bonds is 13. The molecule has 0 saturated carbocycles. The molecule has 0 unspecified atom stereocenters. The van der Waals surface area contributed by atoms with E-state index in [9.17, 15) is 29.1 Å². The molecule has 0 bridgehead atoms. The van der Waals surface area contributed by atoms with Crippen LogP contribution in [0, 0.1) is 19.3 Å². The van der Waals surface area contributed by atoms with Gasteiger partial charge >= 0.3 is 11.9 Å². The van der Waals surface area contributed by atoms with Gasteiger partial charge in [-0.15, -0.1) is 6.42 Å². The minimum atomic E-state index is -1.36. The number of fused-ring (bicyclic) bond motifs is 1. The van der Waals surface area contributed by atoms with Crippen LogP contribution in [0.3, 0.4) is 0 Å². The first-order chi connectivity index (χ1) is 19.5. The lowest BCUT2D eigenvalue weighted by molar-refractivity contribution is -0.142. The first-order valence-corrected chi connectivity index (χ1v) is 12.9. The van der Waals surface area contributed by atoms with Crippen molar-refractivity contribution in [3.05, 3.63) is 69.8 Å². The third-order valence-corrected chi connectivity index (χ3v) is 6.34. The minimum Gasteiger partial charge on any atom is -0.480 e. The molecule has 12 nitrogen and oxygen atoms in total. The number of aromatic amines is 1. The molecule has 2 amide bonds. The molecular weight excluding hydrogens is 530 g/mol. The molecule has 0 radical (unpaired) electrons. The second-order valence-electron chi connectivity index (χ2n) is 9.38. The highest BCUT2D eigenvalue weighted by atomic mass is 16.4. The van der Waals surface area contributed by atoms with Crippen molar-refractivity contribution in [2.24, 2.45) is 0 Å². The number of carboxylic acid groups (broad SMARTS) is 2. The van der Waals surface area contributed by atoms with Crippen LogP contribution in [-0.2, 0) is 20.9 Å². The Morgan fingerprint density at radius 3 is 2.34 bits per heavy atom. The number of carboxylic acids is 2. The molecule has 2 atom stereocenters. The summed E-state index contributed by atoms with van der Waals surface area (Å²) >= 11 is 0. The molecule has 1 aromatic heterocycles. The van der Waals surface area contributed by atoms with Crippen LogP contribution >= 0.6 is 0 Å². The number of H-pyrrole nitrogens is 1. The number of benzene rings is 2. The van der Waals surface area contributed by atoms with Crippen LogP contribution in [0.15, 0.2) is 47.3 Å². The fraction of sp³-hybridized carbons (Fsp3) is 0.310. The summed E-state index contributed by atoms with van der Waals surface area (Å²) in [6.45, 7) is 3.93. The molecule has 3 aromatic rings. The number of terminal acetylenes is 1. The molecule has 0 aliphatic rings. The number of hydrogen-bond donors (Lipinski definition) is 5. The third-order valence-electron chi connectivity index (χ3n) is 6.34. The summed E-state index contributed by atoms with van der Waals surface area (Å²) in [6, 6.07) is 9.34.